The fraction of sp³-hybridized carbons (Fsp3) is 0.0435. The van der Waals surface area contributed by atoms with E-state index in [9.17, 15) is 0 Å². The summed E-state index contributed by atoms with van der Waals surface area (Å²) >= 11 is 0. The Morgan fingerprint density at radius 3 is 2.25 bits per heavy atom. The van der Waals surface area contributed by atoms with E-state index in [4.69, 9.17) is 4.74 Å². The smallest absolute Gasteiger partial charge is 0.128 e. The molecule has 0 N–H and O–H groups in total. The topological polar surface area (TPSA) is 9.23 Å². The maximum absolute atomic E-state index is 5.86. The summed E-state index contributed by atoms with van der Waals surface area (Å²) in [6.07, 6.45) is 2.08. The van der Waals surface area contributed by atoms with Crippen molar-refractivity contribution >= 4 is 11.8 Å². The number of hydrogen-bond donors (Lipinski definition) is 0. The van der Waals surface area contributed by atoms with Crippen LogP contribution in [0.15, 0.2) is 78.9 Å². The van der Waals surface area contributed by atoms with Crippen LogP contribution < -0.4 is 0 Å². The summed E-state index contributed by atoms with van der Waals surface area (Å²) in [5.74, 6) is 7.36. The van der Waals surface area contributed by atoms with Crippen LogP contribution in [0.2, 0.25) is 0 Å². The van der Waals surface area contributed by atoms with E-state index in [0.29, 0.717) is 6.61 Å². The summed E-state index contributed by atoms with van der Waals surface area (Å²) in [5.41, 5.74) is 5.54. The van der Waals surface area contributed by atoms with Crippen LogP contribution >= 0.6 is 0 Å². The molecule has 0 saturated heterocycles. The normalized spacial score (nSPS) is 13.8. The van der Waals surface area contributed by atoms with Gasteiger partial charge < -0.3 is 4.74 Å². The first-order valence-corrected chi connectivity index (χ1v) is 7.98. The van der Waals surface area contributed by atoms with Crippen molar-refractivity contribution in [3.05, 3.63) is 107 Å². The zero-order valence-electron chi connectivity index (χ0n) is 13.2. The number of ether oxygens (including phenoxy) is 1. The third-order valence-corrected chi connectivity index (χ3v) is 3.98. The van der Waals surface area contributed by atoms with Gasteiger partial charge in [-0.1, -0.05) is 60.4 Å². The first kappa shape index (κ1) is 14.4. The summed E-state index contributed by atoms with van der Waals surface area (Å²) in [7, 11) is 0. The Labute approximate surface area is 142 Å². The Kier molecular flexibility index (Phi) is 3.88. The molecular weight excluding hydrogens is 292 g/mol. The molecule has 0 spiro atoms. The Hall–Kier alpha value is -3.24. The maximum Gasteiger partial charge on any atom is 0.128 e. The minimum Gasteiger partial charge on any atom is -0.488 e. The van der Waals surface area contributed by atoms with E-state index in [1.54, 1.807) is 0 Å². The number of fused-ring (bicyclic) bond motifs is 1. The van der Waals surface area contributed by atoms with Crippen molar-refractivity contribution in [2.45, 2.75) is 6.61 Å². The predicted molar refractivity (Wildman–Crippen MR) is 98.0 cm³/mol. The number of hydrogen-bond acceptors (Lipinski definition) is 1. The van der Waals surface area contributed by atoms with E-state index in [2.05, 4.69) is 48.2 Å². The van der Waals surface area contributed by atoms with Crippen LogP contribution in [0.25, 0.3) is 11.8 Å². The van der Waals surface area contributed by atoms with Gasteiger partial charge in [-0.25, -0.2) is 0 Å². The minimum absolute atomic E-state index is 0.606. The molecule has 1 heterocycles. The molecule has 0 atom stereocenters. The van der Waals surface area contributed by atoms with E-state index in [0.717, 1.165) is 28.0 Å². The summed E-state index contributed by atoms with van der Waals surface area (Å²) in [6.45, 7) is 0.606. The second-order valence-electron chi connectivity index (χ2n) is 5.70. The molecule has 0 unspecified atom stereocenters. The van der Waals surface area contributed by atoms with Crippen molar-refractivity contribution < 1.29 is 4.74 Å². The first-order valence-electron chi connectivity index (χ1n) is 7.98. The average molecular weight is 308 g/mol. The molecule has 4 rings (SSSR count). The molecule has 0 amide bonds. The van der Waals surface area contributed by atoms with Gasteiger partial charge in [0.2, 0.25) is 0 Å². The summed E-state index contributed by atoms with van der Waals surface area (Å²) in [6, 6.07) is 26.6. The van der Waals surface area contributed by atoms with Crippen molar-refractivity contribution in [3.8, 4) is 11.8 Å². The van der Waals surface area contributed by atoms with Crippen molar-refractivity contribution in [3.63, 3.8) is 0 Å². The standard InChI is InChI=1S/C23H16O/c1-3-7-18(8-4-1)11-12-20-13-14-22-21(15-20)17-24-23(22)16-19-9-5-2-6-10-19/h1-10,13-16H,17H2/b23-16-. The van der Waals surface area contributed by atoms with Gasteiger partial charge in [0.05, 0.1) is 0 Å². The van der Waals surface area contributed by atoms with Crippen molar-refractivity contribution in [2.75, 3.05) is 0 Å². The average Bonchev–Trinajstić information content (AvgIpc) is 3.04. The van der Waals surface area contributed by atoms with Crippen LogP contribution in [0.4, 0.5) is 0 Å². The molecule has 1 aliphatic rings. The quantitative estimate of drug-likeness (QED) is 0.567. The van der Waals surface area contributed by atoms with Gasteiger partial charge >= 0.3 is 0 Å². The lowest BCUT2D eigenvalue weighted by Gasteiger charge is -2.00. The highest BCUT2D eigenvalue weighted by atomic mass is 16.5. The van der Waals surface area contributed by atoms with Crippen LogP contribution in [0.3, 0.4) is 0 Å². The SMILES string of the molecule is C(#Cc1ccc2c(c1)CO/C2=C\c1ccccc1)c1ccccc1. The first-order chi connectivity index (χ1) is 11.9. The van der Waals surface area contributed by atoms with E-state index < -0.39 is 0 Å². The molecule has 1 nitrogen and oxygen atoms in total. The van der Waals surface area contributed by atoms with E-state index in [1.165, 1.54) is 5.56 Å². The maximum atomic E-state index is 5.86. The highest BCUT2D eigenvalue weighted by Gasteiger charge is 2.17. The highest BCUT2D eigenvalue weighted by molar-refractivity contribution is 5.80. The monoisotopic (exact) mass is 308 g/mol. The van der Waals surface area contributed by atoms with Gasteiger partial charge in [0.15, 0.2) is 0 Å². The van der Waals surface area contributed by atoms with Crippen LogP contribution in [-0.4, -0.2) is 0 Å². The third-order valence-electron chi connectivity index (χ3n) is 3.98. The molecule has 3 aromatic rings. The van der Waals surface area contributed by atoms with E-state index >= 15 is 0 Å². The molecule has 114 valence electrons. The number of benzene rings is 3. The second-order valence-corrected chi connectivity index (χ2v) is 5.70. The fourth-order valence-electron chi connectivity index (χ4n) is 2.75. The lowest BCUT2D eigenvalue weighted by atomic mass is 10.0. The minimum atomic E-state index is 0.606. The molecule has 1 heteroatoms. The van der Waals surface area contributed by atoms with Crippen molar-refractivity contribution in [2.24, 2.45) is 0 Å². The Morgan fingerprint density at radius 1 is 0.750 bits per heavy atom. The number of rotatable bonds is 1. The Balaban J connectivity index is 1.62. The molecule has 0 radical (unpaired) electrons. The third kappa shape index (κ3) is 3.09. The second kappa shape index (κ2) is 6.48. The molecular formula is C23H16O. The lowest BCUT2D eigenvalue weighted by Crippen LogP contribution is -1.84. The van der Waals surface area contributed by atoms with Gasteiger partial charge in [-0.3, -0.25) is 0 Å². The molecule has 1 aliphatic heterocycles. The largest absolute Gasteiger partial charge is 0.488 e. The van der Waals surface area contributed by atoms with Crippen LogP contribution in [-0.2, 0) is 11.3 Å². The van der Waals surface area contributed by atoms with Crippen LogP contribution in [0, 0.1) is 11.8 Å². The summed E-state index contributed by atoms with van der Waals surface area (Å²) < 4.78 is 5.86. The van der Waals surface area contributed by atoms with Gasteiger partial charge in [0.1, 0.15) is 12.4 Å². The van der Waals surface area contributed by atoms with Crippen molar-refractivity contribution in [1.29, 1.82) is 0 Å². The zero-order chi connectivity index (χ0) is 16.2. The predicted octanol–water partition coefficient (Wildman–Crippen LogP) is 5.11. The van der Waals surface area contributed by atoms with Gasteiger partial charge in [-0.2, -0.15) is 0 Å². The lowest BCUT2D eigenvalue weighted by molar-refractivity contribution is 0.287. The molecule has 3 aromatic carbocycles. The Bertz CT molecular complexity index is 942. The van der Waals surface area contributed by atoms with Crippen LogP contribution in [0.1, 0.15) is 27.8 Å². The zero-order valence-corrected chi connectivity index (χ0v) is 13.2. The fourth-order valence-corrected chi connectivity index (χ4v) is 2.75. The van der Waals surface area contributed by atoms with Gasteiger partial charge in [-0.15, -0.1) is 0 Å². The van der Waals surface area contributed by atoms with E-state index in [-0.39, 0.29) is 0 Å². The van der Waals surface area contributed by atoms with Crippen LogP contribution in [0.5, 0.6) is 0 Å². The highest BCUT2D eigenvalue weighted by Crippen LogP contribution is 2.31. The van der Waals surface area contributed by atoms with Gasteiger partial charge in [-0.05, 0) is 42.0 Å². The molecule has 24 heavy (non-hydrogen) atoms. The molecule has 0 fully saturated rings. The van der Waals surface area contributed by atoms with Gasteiger partial charge in [0, 0.05) is 22.3 Å². The van der Waals surface area contributed by atoms with E-state index in [1.807, 2.05) is 48.5 Å². The molecule has 0 aliphatic carbocycles. The molecule has 0 saturated carbocycles. The van der Waals surface area contributed by atoms with Crippen molar-refractivity contribution in [1.82, 2.24) is 0 Å². The van der Waals surface area contributed by atoms with Gasteiger partial charge in [0.25, 0.3) is 0 Å². The summed E-state index contributed by atoms with van der Waals surface area (Å²) in [4.78, 5) is 0. The summed E-state index contributed by atoms with van der Waals surface area (Å²) in [5, 5.41) is 0. The molecule has 0 bridgehead atoms. The Morgan fingerprint density at radius 2 is 1.46 bits per heavy atom. The molecule has 0 aromatic heterocycles.